The molecule has 27 heavy (non-hydrogen) atoms. The molecule has 0 aliphatic heterocycles. The number of hydrogen-bond acceptors (Lipinski definition) is 5. The van der Waals surface area contributed by atoms with Crippen LogP contribution in [0, 0.1) is 0 Å². The number of methoxy groups -OCH3 is 1. The van der Waals surface area contributed by atoms with E-state index in [1.54, 1.807) is 12.1 Å². The van der Waals surface area contributed by atoms with Crippen molar-refractivity contribution in [2.45, 2.75) is 38.5 Å². The number of aromatic carboxylic acids is 1. The van der Waals surface area contributed by atoms with Gasteiger partial charge in [-0.25, -0.2) is 9.59 Å². The van der Waals surface area contributed by atoms with E-state index < -0.39 is 17.8 Å². The van der Waals surface area contributed by atoms with Crippen molar-refractivity contribution in [3.63, 3.8) is 0 Å². The number of benzene rings is 1. The molecule has 1 aromatic carbocycles. The van der Waals surface area contributed by atoms with Crippen molar-refractivity contribution in [1.82, 2.24) is 0 Å². The van der Waals surface area contributed by atoms with Crippen molar-refractivity contribution in [2.24, 2.45) is 0 Å². The molecule has 0 saturated carbocycles. The van der Waals surface area contributed by atoms with Crippen molar-refractivity contribution in [2.75, 3.05) is 12.4 Å². The fourth-order valence-electron chi connectivity index (χ4n) is 3.36. The highest BCUT2D eigenvalue weighted by atomic mass is 32.1. The summed E-state index contributed by atoms with van der Waals surface area (Å²) in [5, 5.41) is 12.5. The van der Waals surface area contributed by atoms with Crippen molar-refractivity contribution in [3.8, 4) is 0 Å². The molecule has 0 fully saturated rings. The lowest BCUT2D eigenvalue weighted by atomic mass is 9.96. The van der Waals surface area contributed by atoms with Crippen molar-refractivity contribution in [1.29, 1.82) is 0 Å². The third-order valence-corrected chi connectivity index (χ3v) is 5.90. The Bertz CT molecular complexity index is 886. The largest absolute Gasteiger partial charge is 0.478 e. The third-order valence-electron chi connectivity index (χ3n) is 4.69. The first-order chi connectivity index (χ1) is 13.0. The number of thiophene rings is 1. The van der Waals surface area contributed by atoms with Crippen LogP contribution in [-0.4, -0.2) is 30.1 Å². The molecule has 0 atom stereocenters. The molecule has 142 valence electrons. The molecule has 1 aromatic heterocycles. The van der Waals surface area contributed by atoms with Gasteiger partial charge in [0.2, 0.25) is 0 Å². The van der Waals surface area contributed by atoms with Crippen LogP contribution in [0.3, 0.4) is 0 Å². The van der Waals surface area contributed by atoms with Crippen molar-refractivity contribution in [3.05, 3.63) is 51.4 Å². The fourth-order valence-corrected chi connectivity index (χ4v) is 4.64. The van der Waals surface area contributed by atoms with Gasteiger partial charge in [0.1, 0.15) is 5.00 Å². The molecule has 3 rings (SSSR count). The van der Waals surface area contributed by atoms with Gasteiger partial charge in [0, 0.05) is 4.88 Å². The zero-order valence-electron chi connectivity index (χ0n) is 15.0. The minimum Gasteiger partial charge on any atom is -0.478 e. The number of carbonyl (C=O) groups excluding carboxylic acids is 2. The van der Waals surface area contributed by atoms with E-state index in [-0.39, 0.29) is 11.1 Å². The fraction of sp³-hybridized carbons (Fsp3) is 0.350. The minimum atomic E-state index is -1.17. The number of fused-ring (bicyclic) bond motifs is 1. The quantitative estimate of drug-likeness (QED) is 0.769. The average molecular weight is 387 g/mol. The van der Waals surface area contributed by atoms with Gasteiger partial charge in [0.25, 0.3) is 5.91 Å². The molecule has 1 aliphatic carbocycles. The number of nitrogens with one attached hydrogen (secondary N) is 1. The smallest absolute Gasteiger partial charge is 0.341 e. The zero-order chi connectivity index (χ0) is 19.4. The van der Waals surface area contributed by atoms with Gasteiger partial charge in [-0.1, -0.05) is 25.0 Å². The summed E-state index contributed by atoms with van der Waals surface area (Å²) < 4.78 is 4.94. The normalized spacial score (nSPS) is 13.8. The highest BCUT2D eigenvalue weighted by Crippen LogP contribution is 2.37. The molecule has 0 spiro atoms. The summed E-state index contributed by atoms with van der Waals surface area (Å²) in [5.74, 6) is -2.20. The van der Waals surface area contributed by atoms with Gasteiger partial charge in [0.05, 0.1) is 23.8 Å². The molecule has 1 amide bonds. The molecule has 0 radical (unpaired) electrons. The average Bonchev–Trinajstić information content (AvgIpc) is 2.97. The summed E-state index contributed by atoms with van der Waals surface area (Å²) in [4.78, 5) is 37.6. The van der Waals surface area contributed by atoms with Gasteiger partial charge in [-0.2, -0.15) is 0 Å². The Morgan fingerprint density at radius 2 is 1.70 bits per heavy atom. The monoisotopic (exact) mass is 387 g/mol. The van der Waals surface area contributed by atoms with Gasteiger partial charge in [-0.05, 0) is 43.4 Å². The number of aryl methyl sites for hydroxylation is 1. The van der Waals surface area contributed by atoms with Crippen LogP contribution in [0.5, 0.6) is 0 Å². The number of rotatable bonds is 4. The molecule has 1 aliphatic rings. The summed E-state index contributed by atoms with van der Waals surface area (Å²) in [5.41, 5.74) is 1.33. The van der Waals surface area contributed by atoms with Crippen LogP contribution in [0.4, 0.5) is 5.00 Å². The topological polar surface area (TPSA) is 92.7 Å². The number of carboxylic acids is 1. The van der Waals surface area contributed by atoms with E-state index >= 15 is 0 Å². The number of ether oxygens (including phenoxy) is 1. The number of amides is 1. The predicted molar refractivity (Wildman–Crippen MR) is 103 cm³/mol. The molecule has 0 unspecified atom stereocenters. The van der Waals surface area contributed by atoms with E-state index in [2.05, 4.69) is 5.32 Å². The maximum atomic E-state index is 12.7. The second kappa shape index (κ2) is 8.35. The Labute approximate surface area is 161 Å². The molecular formula is C20H21NO5S. The van der Waals surface area contributed by atoms with Crippen LogP contribution in [0.2, 0.25) is 0 Å². The van der Waals surface area contributed by atoms with E-state index in [4.69, 9.17) is 4.74 Å². The van der Waals surface area contributed by atoms with Gasteiger partial charge in [-0.3, -0.25) is 4.79 Å². The van der Waals surface area contributed by atoms with Crippen molar-refractivity contribution >= 4 is 34.2 Å². The van der Waals surface area contributed by atoms with E-state index in [0.717, 1.165) is 49.0 Å². The molecule has 2 aromatic rings. The highest BCUT2D eigenvalue weighted by molar-refractivity contribution is 7.17. The zero-order valence-corrected chi connectivity index (χ0v) is 15.9. The van der Waals surface area contributed by atoms with Crippen LogP contribution < -0.4 is 5.32 Å². The summed E-state index contributed by atoms with van der Waals surface area (Å²) >= 11 is 1.39. The number of hydrogen-bond donors (Lipinski definition) is 2. The molecule has 6 nitrogen and oxygen atoms in total. The van der Waals surface area contributed by atoms with Crippen molar-refractivity contribution < 1.29 is 24.2 Å². The van der Waals surface area contributed by atoms with Crippen LogP contribution in [0.15, 0.2) is 24.3 Å². The van der Waals surface area contributed by atoms with Crippen LogP contribution >= 0.6 is 11.3 Å². The summed E-state index contributed by atoms with van der Waals surface area (Å²) in [7, 11) is 1.32. The second-order valence-corrected chi connectivity index (χ2v) is 7.52. The first-order valence-electron chi connectivity index (χ1n) is 8.89. The van der Waals surface area contributed by atoms with E-state index in [1.807, 2.05) is 0 Å². The van der Waals surface area contributed by atoms with E-state index in [1.165, 1.54) is 30.6 Å². The maximum absolute atomic E-state index is 12.7. The second-order valence-electron chi connectivity index (χ2n) is 6.42. The lowest BCUT2D eigenvalue weighted by Crippen LogP contribution is -2.17. The molecule has 1 heterocycles. The predicted octanol–water partition coefficient (Wildman–Crippen LogP) is 4.14. The molecule has 2 N–H and O–H groups in total. The Morgan fingerprint density at radius 1 is 1.04 bits per heavy atom. The summed E-state index contributed by atoms with van der Waals surface area (Å²) in [6.45, 7) is 0. The van der Waals surface area contributed by atoms with Gasteiger partial charge in [0.15, 0.2) is 0 Å². The van der Waals surface area contributed by atoms with Crippen LogP contribution in [-0.2, 0) is 17.6 Å². The highest BCUT2D eigenvalue weighted by Gasteiger charge is 2.27. The lowest BCUT2D eigenvalue weighted by Gasteiger charge is -2.11. The molecular weight excluding hydrogens is 366 g/mol. The lowest BCUT2D eigenvalue weighted by molar-refractivity contribution is 0.0600. The number of anilines is 1. The Balaban J connectivity index is 1.99. The first-order valence-corrected chi connectivity index (χ1v) is 9.71. The third kappa shape index (κ3) is 4.03. The van der Waals surface area contributed by atoms with Crippen LogP contribution in [0.25, 0.3) is 0 Å². The van der Waals surface area contributed by atoms with Gasteiger partial charge in [-0.15, -0.1) is 11.3 Å². The Kier molecular flexibility index (Phi) is 5.91. The molecule has 0 saturated heterocycles. The summed E-state index contributed by atoms with van der Waals surface area (Å²) in [6, 6.07) is 6.01. The standard InChI is InChI=1S/C20H21NO5S/c1-26-20(25)16-14-10-4-2-3-5-11-15(14)27-18(16)21-17(22)12-8-6-7-9-13(12)19(23)24/h6-9H,2-5,10-11H2,1H3,(H,21,22)(H,23,24). The van der Waals surface area contributed by atoms with Crippen LogP contribution in [0.1, 0.15) is 67.2 Å². The molecule has 7 heteroatoms. The molecule has 0 bridgehead atoms. The number of esters is 1. The Morgan fingerprint density at radius 3 is 2.37 bits per heavy atom. The Hall–Kier alpha value is -2.67. The van der Waals surface area contributed by atoms with E-state index in [9.17, 15) is 19.5 Å². The van der Waals surface area contributed by atoms with Gasteiger partial charge >= 0.3 is 11.9 Å². The maximum Gasteiger partial charge on any atom is 0.341 e. The number of carboxylic acid groups (broad SMARTS) is 1. The minimum absolute atomic E-state index is 0.0571. The first kappa shape index (κ1) is 19.1. The SMILES string of the molecule is COC(=O)c1c(NC(=O)c2ccccc2C(=O)O)sc2c1CCCCCC2. The summed E-state index contributed by atoms with van der Waals surface area (Å²) in [6.07, 6.45) is 5.94. The van der Waals surface area contributed by atoms with E-state index in [0.29, 0.717) is 10.6 Å². The number of carbonyl (C=O) groups is 3. The van der Waals surface area contributed by atoms with Gasteiger partial charge < -0.3 is 15.2 Å².